The highest BCUT2D eigenvalue weighted by Crippen LogP contribution is 2.23. The van der Waals surface area contributed by atoms with E-state index in [1.807, 2.05) is 10.8 Å². The first-order valence-corrected chi connectivity index (χ1v) is 6.07. The van der Waals surface area contributed by atoms with E-state index in [1.165, 1.54) is 36.0 Å². The lowest BCUT2D eigenvalue weighted by molar-refractivity contribution is 0.277. The minimum Gasteiger partial charge on any atom is -0.390 e. The Morgan fingerprint density at radius 1 is 1.24 bits per heavy atom. The van der Waals surface area contributed by atoms with Crippen molar-refractivity contribution in [2.45, 2.75) is 32.4 Å². The van der Waals surface area contributed by atoms with Gasteiger partial charge in [-0.3, -0.25) is 0 Å². The Morgan fingerprint density at radius 2 is 2.12 bits per heavy atom. The van der Waals surface area contributed by atoms with Crippen LogP contribution in [0, 0.1) is 0 Å². The second-order valence-corrected chi connectivity index (χ2v) is 4.65. The zero-order valence-electron chi connectivity index (χ0n) is 9.76. The third kappa shape index (κ3) is 2.11. The maximum atomic E-state index is 8.97. The molecular weight excluding hydrogens is 212 g/mol. The summed E-state index contributed by atoms with van der Waals surface area (Å²) in [5.74, 6) is 0. The standard InChI is InChI=1S/C14H16N2O/c17-9-14-8-16(10-15-14)7-11-4-5-12-2-1-3-13(12)6-11/h4-6,8,10,17H,1-3,7,9H2. The third-order valence-electron chi connectivity index (χ3n) is 3.38. The van der Waals surface area contributed by atoms with Crippen LogP contribution >= 0.6 is 0 Å². The largest absolute Gasteiger partial charge is 0.390 e. The summed E-state index contributed by atoms with van der Waals surface area (Å²) in [5, 5.41) is 8.97. The normalized spacial score (nSPS) is 13.9. The van der Waals surface area contributed by atoms with Gasteiger partial charge in [0.2, 0.25) is 0 Å². The van der Waals surface area contributed by atoms with E-state index < -0.39 is 0 Å². The molecule has 3 rings (SSSR count). The summed E-state index contributed by atoms with van der Waals surface area (Å²) in [6.07, 6.45) is 7.41. The quantitative estimate of drug-likeness (QED) is 0.871. The van der Waals surface area contributed by atoms with Crippen molar-refractivity contribution >= 4 is 0 Å². The van der Waals surface area contributed by atoms with Crippen molar-refractivity contribution < 1.29 is 5.11 Å². The van der Waals surface area contributed by atoms with E-state index in [4.69, 9.17) is 5.11 Å². The third-order valence-corrected chi connectivity index (χ3v) is 3.38. The SMILES string of the molecule is OCc1cn(Cc2ccc3c(c2)CCC3)cn1. The van der Waals surface area contributed by atoms with Crippen molar-refractivity contribution in [1.29, 1.82) is 0 Å². The molecule has 17 heavy (non-hydrogen) atoms. The summed E-state index contributed by atoms with van der Waals surface area (Å²) in [7, 11) is 0. The number of aromatic nitrogens is 2. The Kier molecular flexibility index (Phi) is 2.69. The highest BCUT2D eigenvalue weighted by atomic mass is 16.3. The van der Waals surface area contributed by atoms with Crippen molar-refractivity contribution in [3.8, 4) is 0 Å². The lowest BCUT2D eigenvalue weighted by atomic mass is 10.1. The molecule has 0 aliphatic heterocycles. The van der Waals surface area contributed by atoms with Crippen LogP contribution in [0.25, 0.3) is 0 Å². The van der Waals surface area contributed by atoms with Gasteiger partial charge in [0.15, 0.2) is 0 Å². The van der Waals surface area contributed by atoms with Crippen LogP contribution in [0.3, 0.4) is 0 Å². The molecule has 1 N–H and O–H groups in total. The number of nitrogens with zero attached hydrogens (tertiary/aromatic N) is 2. The van der Waals surface area contributed by atoms with Gasteiger partial charge in [-0.25, -0.2) is 4.98 Å². The van der Waals surface area contributed by atoms with Crippen LogP contribution in [-0.2, 0) is 26.0 Å². The predicted octanol–water partition coefficient (Wildman–Crippen LogP) is 1.91. The topological polar surface area (TPSA) is 38.0 Å². The predicted molar refractivity (Wildman–Crippen MR) is 65.7 cm³/mol. The number of aliphatic hydroxyl groups is 1. The van der Waals surface area contributed by atoms with Crippen molar-refractivity contribution in [2.24, 2.45) is 0 Å². The average Bonchev–Trinajstić information content (AvgIpc) is 2.96. The van der Waals surface area contributed by atoms with Crippen LogP contribution in [0.2, 0.25) is 0 Å². The number of imidazole rings is 1. The number of benzene rings is 1. The van der Waals surface area contributed by atoms with Crippen LogP contribution in [0.1, 0.15) is 28.8 Å². The molecule has 0 bridgehead atoms. The van der Waals surface area contributed by atoms with E-state index >= 15 is 0 Å². The fraction of sp³-hybridized carbons (Fsp3) is 0.357. The number of aliphatic hydroxyl groups excluding tert-OH is 1. The van der Waals surface area contributed by atoms with Crippen LogP contribution in [0.4, 0.5) is 0 Å². The summed E-state index contributed by atoms with van der Waals surface area (Å²) in [6, 6.07) is 6.76. The molecule has 1 aromatic heterocycles. The van der Waals surface area contributed by atoms with Gasteiger partial charge in [0, 0.05) is 12.7 Å². The molecule has 0 saturated carbocycles. The molecule has 1 heterocycles. The van der Waals surface area contributed by atoms with E-state index in [1.54, 1.807) is 6.33 Å². The monoisotopic (exact) mass is 228 g/mol. The van der Waals surface area contributed by atoms with Crippen molar-refractivity contribution in [2.75, 3.05) is 0 Å². The van der Waals surface area contributed by atoms with E-state index in [9.17, 15) is 0 Å². The molecule has 0 atom stereocenters. The first-order chi connectivity index (χ1) is 8.35. The summed E-state index contributed by atoms with van der Waals surface area (Å²) >= 11 is 0. The maximum Gasteiger partial charge on any atom is 0.0953 e. The van der Waals surface area contributed by atoms with E-state index in [0.29, 0.717) is 0 Å². The van der Waals surface area contributed by atoms with Gasteiger partial charge in [0.1, 0.15) is 0 Å². The number of hydrogen-bond acceptors (Lipinski definition) is 2. The average molecular weight is 228 g/mol. The molecule has 0 fully saturated rings. The molecule has 3 heteroatoms. The Hall–Kier alpha value is -1.61. The smallest absolute Gasteiger partial charge is 0.0953 e. The second-order valence-electron chi connectivity index (χ2n) is 4.65. The highest BCUT2D eigenvalue weighted by Gasteiger charge is 2.10. The summed E-state index contributed by atoms with van der Waals surface area (Å²) in [5.41, 5.74) is 5.05. The Balaban J connectivity index is 1.80. The molecule has 0 unspecified atom stereocenters. The molecule has 2 aromatic rings. The lowest BCUT2D eigenvalue weighted by Gasteiger charge is -2.05. The molecule has 0 saturated heterocycles. The second kappa shape index (κ2) is 4.34. The molecule has 0 spiro atoms. The molecule has 1 aliphatic rings. The first kappa shape index (κ1) is 10.5. The van der Waals surface area contributed by atoms with Gasteiger partial charge < -0.3 is 9.67 Å². The molecule has 1 aliphatic carbocycles. The fourth-order valence-electron chi connectivity index (χ4n) is 2.51. The van der Waals surface area contributed by atoms with Gasteiger partial charge >= 0.3 is 0 Å². The number of aryl methyl sites for hydroxylation is 2. The summed E-state index contributed by atoms with van der Waals surface area (Å²) < 4.78 is 2.02. The zero-order chi connectivity index (χ0) is 11.7. The Labute approximate surface area is 101 Å². The molecule has 0 amide bonds. The number of hydrogen-bond donors (Lipinski definition) is 1. The fourth-order valence-corrected chi connectivity index (χ4v) is 2.51. The highest BCUT2D eigenvalue weighted by molar-refractivity contribution is 5.35. The number of fused-ring (bicyclic) bond motifs is 1. The van der Waals surface area contributed by atoms with Gasteiger partial charge in [0.25, 0.3) is 0 Å². The van der Waals surface area contributed by atoms with Gasteiger partial charge in [-0.2, -0.15) is 0 Å². The minimum atomic E-state index is 0.0111. The van der Waals surface area contributed by atoms with Crippen LogP contribution in [-0.4, -0.2) is 14.7 Å². The van der Waals surface area contributed by atoms with Gasteiger partial charge in [-0.1, -0.05) is 18.2 Å². The van der Waals surface area contributed by atoms with Crippen molar-refractivity contribution in [3.05, 3.63) is 53.1 Å². The molecule has 0 radical (unpaired) electrons. The first-order valence-electron chi connectivity index (χ1n) is 6.07. The Morgan fingerprint density at radius 3 is 2.94 bits per heavy atom. The van der Waals surface area contributed by atoms with Gasteiger partial charge in [-0.05, 0) is 36.0 Å². The molecule has 1 aromatic carbocycles. The van der Waals surface area contributed by atoms with Crippen LogP contribution < -0.4 is 0 Å². The zero-order valence-corrected chi connectivity index (χ0v) is 9.76. The molecular formula is C14H16N2O. The van der Waals surface area contributed by atoms with E-state index in [-0.39, 0.29) is 6.61 Å². The number of rotatable bonds is 3. The van der Waals surface area contributed by atoms with Gasteiger partial charge in [-0.15, -0.1) is 0 Å². The van der Waals surface area contributed by atoms with Crippen LogP contribution in [0.5, 0.6) is 0 Å². The molecule has 88 valence electrons. The lowest BCUT2D eigenvalue weighted by Crippen LogP contribution is -1.97. The molecule has 3 nitrogen and oxygen atoms in total. The van der Waals surface area contributed by atoms with Crippen LogP contribution in [0.15, 0.2) is 30.7 Å². The summed E-state index contributed by atoms with van der Waals surface area (Å²) in [4.78, 5) is 4.12. The summed E-state index contributed by atoms with van der Waals surface area (Å²) in [6.45, 7) is 0.845. The minimum absolute atomic E-state index is 0.0111. The maximum absolute atomic E-state index is 8.97. The van der Waals surface area contributed by atoms with E-state index in [0.717, 1.165) is 12.2 Å². The van der Waals surface area contributed by atoms with E-state index in [2.05, 4.69) is 23.2 Å². The van der Waals surface area contributed by atoms with Crippen molar-refractivity contribution in [3.63, 3.8) is 0 Å². The Bertz CT molecular complexity index is 531. The van der Waals surface area contributed by atoms with Crippen molar-refractivity contribution in [1.82, 2.24) is 9.55 Å². The van der Waals surface area contributed by atoms with Gasteiger partial charge in [0.05, 0.1) is 18.6 Å².